The van der Waals surface area contributed by atoms with E-state index in [1.54, 1.807) is 20.8 Å². The molecule has 1 atom stereocenters. The van der Waals surface area contributed by atoms with Crippen LogP contribution in [0.25, 0.3) is 0 Å². The number of hydrogen-bond donors (Lipinski definition) is 0. The molecule has 1 saturated carbocycles. The van der Waals surface area contributed by atoms with E-state index in [0.717, 1.165) is 25.7 Å². The molecule has 0 spiro atoms. The van der Waals surface area contributed by atoms with Gasteiger partial charge < -0.3 is 9.47 Å². The molecule has 2 fully saturated rings. The van der Waals surface area contributed by atoms with Crippen LogP contribution in [0.1, 0.15) is 59.3 Å². The summed E-state index contributed by atoms with van der Waals surface area (Å²) in [6.45, 7) is 5.78. The highest BCUT2D eigenvalue weighted by molar-refractivity contribution is 5.91. The van der Waals surface area contributed by atoms with Crippen LogP contribution in [0.5, 0.6) is 0 Å². The molecule has 0 radical (unpaired) electrons. The molecule has 2 rings (SSSR count). The molecular weight excluding hydrogens is 286 g/mol. The molecule has 0 aromatic rings. The SMILES string of the molecule is CC(C)(C)OC(=O)N1CCC[C@@H]1C(=O)OC(=O)C1CCCC1. The molecule has 1 amide bonds. The van der Waals surface area contributed by atoms with Crippen molar-refractivity contribution in [2.24, 2.45) is 5.92 Å². The average molecular weight is 311 g/mol. The van der Waals surface area contributed by atoms with Gasteiger partial charge in [-0.25, -0.2) is 9.59 Å². The Morgan fingerprint density at radius 1 is 0.955 bits per heavy atom. The van der Waals surface area contributed by atoms with Crippen LogP contribution in [0.3, 0.4) is 0 Å². The summed E-state index contributed by atoms with van der Waals surface area (Å²) in [4.78, 5) is 37.6. The molecule has 0 aromatic carbocycles. The Balaban J connectivity index is 1.93. The number of esters is 2. The van der Waals surface area contributed by atoms with Gasteiger partial charge in [0.25, 0.3) is 0 Å². The molecule has 2 aliphatic rings. The molecule has 0 N–H and O–H groups in total. The average Bonchev–Trinajstić information content (AvgIpc) is 3.08. The van der Waals surface area contributed by atoms with E-state index < -0.39 is 29.7 Å². The van der Waals surface area contributed by atoms with Gasteiger partial charge in [-0.3, -0.25) is 9.69 Å². The van der Waals surface area contributed by atoms with Gasteiger partial charge >= 0.3 is 18.0 Å². The molecule has 0 aromatic heterocycles. The minimum atomic E-state index is -0.708. The number of rotatable bonds is 2. The Kier molecular flexibility index (Phi) is 5.08. The molecule has 6 heteroatoms. The lowest BCUT2D eigenvalue weighted by Crippen LogP contribution is -2.44. The van der Waals surface area contributed by atoms with Gasteiger partial charge in [0.1, 0.15) is 11.6 Å². The maximum Gasteiger partial charge on any atom is 0.411 e. The molecule has 1 heterocycles. The summed E-state index contributed by atoms with van der Waals surface area (Å²) < 4.78 is 10.3. The van der Waals surface area contributed by atoms with Crippen molar-refractivity contribution in [1.82, 2.24) is 4.90 Å². The highest BCUT2D eigenvalue weighted by Crippen LogP contribution is 2.27. The summed E-state index contributed by atoms with van der Waals surface area (Å²) in [6.07, 6.45) is 4.26. The molecule has 124 valence electrons. The van der Waals surface area contributed by atoms with Gasteiger partial charge in [0.15, 0.2) is 0 Å². The smallest absolute Gasteiger partial charge is 0.411 e. The lowest BCUT2D eigenvalue weighted by molar-refractivity contribution is -0.165. The summed E-state index contributed by atoms with van der Waals surface area (Å²) >= 11 is 0. The Bertz CT molecular complexity index is 448. The van der Waals surface area contributed by atoms with Crippen LogP contribution in [0, 0.1) is 5.92 Å². The second-order valence-corrected chi connectivity index (χ2v) is 7.05. The summed E-state index contributed by atoms with van der Waals surface area (Å²) in [7, 11) is 0. The van der Waals surface area contributed by atoms with Crippen LogP contribution in [0.15, 0.2) is 0 Å². The Labute approximate surface area is 131 Å². The quantitative estimate of drug-likeness (QED) is 0.579. The molecule has 1 saturated heterocycles. The summed E-state index contributed by atoms with van der Waals surface area (Å²) in [5.41, 5.74) is -0.617. The lowest BCUT2D eigenvalue weighted by Gasteiger charge is -2.27. The summed E-state index contributed by atoms with van der Waals surface area (Å²) in [6, 6.07) is -0.708. The van der Waals surface area contributed by atoms with E-state index in [2.05, 4.69) is 0 Å². The number of carbonyl (C=O) groups excluding carboxylic acids is 3. The van der Waals surface area contributed by atoms with Crippen molar-refractivity contribution in [1.29, 1.82) is 0 Å². The Hall–Kier alpha value is -1.59. The third-order valence-corrected chi connectivity index (χ3v) is 4.04. The van der Waals surface area contributed by atoms with Crippen molar-refractivity contribution in [3.63, 3.8) is 0 Å². The minimum Gasteiger partial charge on any atom is -0.444 e. The van der Waals surface area contributed by atoms with Crippen LogP contribution >= 0.6 is 0 Å². The van der Waals surface area contributed by atoms with Gasteiger partial charge in [-0.1, -0.05) is 12.8 Å². The van der Waals surface area contributed by atoms with Crippen LogP contribution in [0.4, 0.5) is 4.79 Å². The molecule has 1 aliphatic carbocycles. The fourth-order valence-electron chi connectivity index (χ4n) is 2.96. The molecular formula is C16H25NO5. The predicted molar refractivity (Wildman–Crippen MR) is 79.0 cm³/mol. The van der Waals surface area contributed by atoms with Gasteiger partial charge in [-0.15, -0.1) is 0 Å². The third kappa shape index (κ3) is 4.21. The fourth-order valence-corrected chi connectivity index (χ4v) is 2.96. The first kappa shape index (κ1) is 16.8. The zero-order chi connectivity index (χ0) is 16.3. The fraction of sp³-hybridized carbons (Fsp3) is 0.812. The van der Waals surface area contributed by atoms with Crippen molar-refractivity contribution < 1.29 is 23.9 Å². The second kappa shape index (κ2) is 6.67. The molecule has 0 bridgehead atoms. The van der Waals surface area contributed by atoms with Crippen molar-refractivity contribution in [3.8, 4) is 0 Å². The maximum atomic E-state index is 12.2. The predicted octanol–water partition coefficient (Wildman–Crippen LogP) is 2.65. The topological polar surface area (TPSA) is 72.9 Å². The maximum absolute atomic E-state index is 12.2. The van der Waals surface area contributed by atoms with Gasteiger partial charge in [-0.2, -0.15) is 0 Å². The van der Waals surface area contributed by atoms with E-state index >= 15 is 0 Å². The van der Waals surface area contributed by atoms with E-state index in [4.69, 9.17) is 9.47 Å². The number of ether oxygens (including phenoxy) is 2. The molecule has 0 unspecified atom stereocenters. The monoisotopic (exact) mass is 311 g/mol. The number of likely N-dealkylation sites (tertiary alicyclic amines) is 1. The van der Waals surface area contributed by atoms with Crippen molar-refractivity contribution in [3.05, 3.63) is 0 Å². The first-order chi connectivity index (χ1) is 10.3. The lowest BCUT2D eigenvalue weighted by atomic mass is 10.1. The van der Waals surface area contributed by atoms with Gasteiger partial charge in [0, 0.05) is 6.54 Å². The van der Waals surface area contributed by atoms with Gasteiger partial charge in [0.05, 0.1) is 5.92 Å². The standard InChI is InChI=1S/C16H25NO5/c1-16(2,3)22-15(20)17-10-6-9-12(17)14(19)21-13(18)11-7-4-5-8-11/h11-12H,4-10H2,1-3H3/t12-/m1/s1. The van der Waals surface area contributed by atoms with E-state index in [1.807, 2.05) is 0 Å². The van der Waals surface area contributed by atoms with E-state index in [1.165, 1.54) is 4.90 Å². The summed E-state index contributed by atoms with van der Waals surface area (Å²) in [5, 5.41) is 0. The second-order valence-electron chi connectivity index (χ2n) is 7.05. The van der Waals surface area contributed by atoms with Crippen LogP contribution in [-0.2, 0) is 19.1 Å². The van der Waals surface area contributed by atoms with Gasteiger partial charge in [-0.05, 0) is 46.5 Å². The van der Waals surface area contributed by atoms with Crippen LogP contribution < -0.4 is 0 Å². The first-order valence-corrected chi connectivity index (χ1v) is 8.03. The normalized spacial score (nSPS) is 22.7. The zero-order valence-corrected chi connectivity index (χ0v) is 13.6. The minimum absolute atomic E-state index is 0.166. The Morgan fingerprint density at radius 2 is 1.59 bits per heavy atom. The van der Waals surface area contributed by atoms with Crippen molar-refractivity contribution in [2.45, 2.75) is 70.9 Å². The zero-order valence-electron chi connectivity index (χ0n) is 13.6. The molecule has 6 nitrogen and oxygen atoms in total. The molecule has 1 aliphatic heterocycles. The number of hydrogen-bond acceptors (Lipinski definition) is 5. The Morgan fingerprint density at radius 3 is 2.18 bits per heavy atom. The van der Waals surface area contributed by atoms with Crippen molar-refractivity contribution >= 4 is 18.0 Å². The number of nitrogens with zero attached hydrogens (tertiary/aromatic N) is 1. The van der Waals surface area contributed by atoms with Crippen LogP contribution in [-0.4, -0.2) is 41.1 Å². The van der Waals surface area contributed by atoms with E-state index in [0.29, 0.717) is 19.4 Å². The van der Waals surface area contributed by atoms with Gasteiger partial charge in [0.2, 0.25) is 0 Å². The van der Waals surface area contributed by atoms with Crippen LogP contribution in [0.2, 0.25) is 0 Å². The van der Waals surface area contributed by atoms with Crippen molar-refractivity contribution in [2.75, 3.05) is 6.54 Å². The largest absolute Gasteiger partial charge is 0.444 e. The molecule has 22 heavy (non-hydrogen) atoms. The highest BCUT2D eigenvalue weighted by Gasteiger charge is 2.39. The third-order valence-electron chi connectivity index (χ3n) is 4.04. The number of amides is 1. The number of carbonyl (C=O) groups is 3. The highest BCUT2D eigenvalue weighted by atomic mass is 16.6. The van der Waals surface area contributed by atoms with E-state index in [-0.39, 0.29) is 5.92 Å². The van der Waals surface area contributed by atoms with E-state index in [9.17, 15) is 14.4 Å². The summed E-state index contributed by atoms with van der Waals surface area (Å²) in [5.74, 6) is -1.24. The first-order valence-electron chi connectivity index (χ1n) is 8.03.